The third-order valence-corrected chi connectivity index (χ3v) is 4.98. The molecule has 0 aliphatic heterocycles. The molecule has 1 unspecified atom stereocenters. The lowest BCUT2D eigenvalue weighted by Crippen LogP contribution is -2.25. The Morgan fingerprint density at radius 1 is 0.786 bits per heavy atom. The van der Waals surface area contributed by atoms with E-state index in [1.54, 1.807) is 0 Å². The molecular formula is C24H18BrNO2. The molecule has 0 aromatic heterocycles. The summed E-state index contributed by atoms with van der Waals surface area (Å²) in [6, 6.07) is 30.8. The van der Waals surface area contributed by atoms with Crippen molar-refractivity contribution in [1.82, 2.24) is 0 Å². The van der Waals surface area contributed by atoms with Crippen molar-refractivity contribution in [2.45, 2.75) is 6.10 Å². The van der Waals surface area contributed by atoms with Crippen LogP contribution in [-0.4, -0.2) is 5.91 Å². The zero-order valence-electron chi connectivity index (χ0n) is 15.0. The van der Waals surface area contributed by atoms with Gasteiger partial charge in [-0.05, 0) is 35.7 Å². The number of carbonyl (C=O) groups excluding carboxylic acids is 1. The standard InChI is InChI=1S/C24H18BrNO2/c25-19-13-15-20(16-14-19)26-24(27)23(18-8-2-1-3-9-18)28-22-12-6-10-17-7-4-5-11-21(17)22/h1-16,23H,(H,26,27). The summed E-state index contributed by atoms with van der Waals surface area (Å²) in [5, 5.41) is 5.00. The highest BCUT2D eigenvalue weighted by Crippen LogP contribution is 2.30. The van der Waals surface area contributed by atoms with E-state index >= 15 is 0 Å². The lowest BCUT2D eigenvalue weighted by molar-refractivity contribution is -0.123. The van der Waals surface area contributed by atoms with Crippen molar-refractivity contribution in [3.05, 3.63) is 107 Å². The Labute approximate surface area is 172 Å². The molecule has 28 heavy (non-hydrogen) atoms. The van der Waals surface area contributed by atoms with Crippen LogP contribution in [0.5, 0.6) is 5.75 Å². The quantitative estimate of drug-likeness (QED) is 0.399. The van der Waals surface area contributed by atoms with Crippen molar-refractivity contribution >= 4 is 38.3 Å². The second kappa shape index (κ2) is 8.28. The molecule has 1 N–H and O–H groups in total. The highest BCUT2D eigenvalue weighted by atomic mass is 79.9. The zero-order valence-corrected chi connectivity index (χ0v) is 16.6. The van der Waals surface area contributed by atoms with Crippen LogP contribution in [0.2, 0.25) is 0 Å². The van der Waals surface area contributed by atoms with Gasteiger partial charge in [0, 0.05) is 21.1 Å². The molecule has 3 nitrogen and oxygen atoms in total. The minimum absolute atomic E-state index is 0.221. The van der Waals surface area contributed by atoms with Crippen molar-refractivity contribution < 1.29 is 9.53 Å². The van der Waals surface area contributed by atoms with Gasteiger partial charge in [-0.3, -0.25) is 4.79 Å². The van der Waals surface area contributed by atoms with Crippen LogP contribution >= 0.6 is 15.9 Å². The average molecular weight is 432 g/mol. The van der Waals surface area contributed by atoms with Gasteiger partial charge < -0.3 is 10.1 Å². The summed E-state index contributed by atoms with van der Waals surface area (Å²) in [6.45, 7) is 0. The Kier molecular flexibility index (Phi) is 5.40. The zero-order chi connectivity index (χ0) is 19.3. The van der Waals surface area contributed by atoms with Gasteiger partial charge in [0.05, 0.1) is 0 Å². The summed E-state index contributed by atoms with van der Waals surface area (Å²) in [5.74, 6) is 0.458. The van der Waals surface area contributed by atoms with E-state index in [1.807, 2.05) is 97.1 Å². The topological polar surface area (TPSA) is 38.3 Å². The molecular weight excluding hydrogens is 414 g/mol. The van der Waals surface area contributed by atoms with Crippen LogP contribution < -0.4 is 10.1 Å². The molecule has 4 aromatic rings. The van der Waals surface area contributed by atoms with E-state index in [1.165, 1.54) is 0 Å². The number of halogens is 1. The van der Waals surface area contributed by atoms with E-state index in [-0.39, 0.29) is 5.91 Å². The molecule has 1 atom stereocenters. The summed E-state index contributed by atoms with van der Waals surface area (Å²) in [4.78, 5) is 13.1. The number of amides is 1. The van der Waals surface area contributed by atoms with Gasteiger partial charge in [-0.2, -0.15) is 0 Å². The molecule has 4 heteroatoms. The first-order valence-corrected chi connectivity index (χ1v) is 9.76. The predicted octanol–water partition coefficient (Wildman–Crippen LogP) is 6.36. The van der Waals surface area contributed by atoms with Gasteiger partial charge in [0.2, 0.25) is 6.10 Å². The average Bonchev–Trinajstić information content (AvgIpc) is 2.74. The Hall–Kier alpha value is -3.11. The van der Waals surface area contributed by atoms with Crippen molar-refractivity contribution in [2.24, 2.45) is 0 Å². The van der Waals surface area contributed by atoms with Crippen molar-refractivity contribution in [3.8, 4) is 5.75 Å². The SMILES string of the molecule is O=C(Nc1ccc(Br)cc1)C(Oc1cccc2ccccc12)c1ccccc1. The molecule has 0 aliphatic carbocycles. The first-order chi connectivity index (χ1) is 13.7. The Balaban J connectivity index is 1.67. The van der Waals surface area contributed by atoms with E-state index in [4.69, 9.17) is 4.74 Å². The van der Waals surface area contributed by atoms with E-state index in [0.29, 0.717) is 5.75 Å². The van der Waals surface area contributed by atoms with Crippen LogP contribution in [0.15, 0.2) is 102 Å². The van der Waals surface area contributed by atoms with Crippen LogP contribution in [0.25, 0.3) is 10.8 Å². The van der Waals surface area contributed by atoms with E-state index in [2.05, 4.69) is 21.2 Å². The highest BCUT2D eigenvalue weighted by molar-refractivity contribution is 9.10. The van der Waals surface area contributed by atoms with Crippen molar-refractivity contribution in [1.29, 1.82) is 0 Å². The molecule has 0 fully saturated rings. The highest BCUT2D eigenvalue weighted by Gasteiger charge is 2.23. The number of benzene rings is 4. The lowest BCUT2D eigenvalue weighted by Gasteiger charge is -2.20. The Morgan fingerprint density at radius 2 is 1.46 bits per heavy atom. The smallest absolute Gasteiger partial charge is 0.270 e. The van der Waals surface area contributed by atoms with Gasteiger partial charge in [-0.25, -0.2) is 0 Å². The molecule has 0 saturated heterocycles. The number of anilines is 1. The number of hydrogen-bond acceptors (Lipinski definition) is 2. The third-order valence-electron chi connectivity index (χ3n) is 4.45. The summed E-state index contributed by atoms with van der Waals surface area (Å²) >= 11 is 3.41. The first-order valence-electron chi connectivity index (χ1n) is 8.96. The van der Waals surface area contributed by atoms with Gasteiger partial charge >= 0.3 is 0 Å². The summed E-state index contributed by atoms with van der Waals surface area (Å²) in [5.41, 5.74) is 1.51. The van der Waals surface area contributed by atoms with Gasteiger partial charge in [0.25, 0.3) is 5.91 Å². The Bertz CT molecular complexity index is 1090. The second-order valence-electron chi connectivity index (χ2n) is 6.38. The molecule has 0 saturated carbocycles. The fourth-order valence-electron chi connectivity index (χ4n) is 3.07. The Morgan fingerprint density at radius 3 is 2.25 bits per heavy atom. The van der Waals surface area contributed by atoms with Crippen molar-refractivity contribution in [2.75, 3.05) is 5.32 Å². The maximum Gasteiger partial charge on any atom is 0.270 e. The molecule has 1 amide bonds. The molecule has 4 rings (SSSR count). The first kappa shape index (κ1) is 18.3. The number of ether oxygens (including phenoxy) is 1. The number of rotatable bonds is 5. The van der Waals surface area contributed by atoms with E-state index in [0.717, 1.165) is 26.5 Å². The van der Waals surface area contributed by atoms with Gasteiger partial charge in [0.1, 0.15) is 5.75 Å². The maximum absolute atomic E-state index is 13.1. The van der Waals surface area contributed by atoms with E-state index < -0.39 is 6.10 Å². The normalized spacial score (nSPS) is 11.8. The maximum atomic E-state index is 13.1. The van der Waals surface area contributed by atoms with Crippen LogP contribution in [0.1, 0.15) is 11.7 Å². The van der Waals surface area contributed by atoms with Crippen molar-refractivity contribution in [3.63, 3.8) is 0 Å². The van der Waals surface area contributed by atoms with Crippen LogP contribution in [0, 0.1) is 0 Å². The molecule has 0 aliphatic rings. The van der Waals surface area contributed by atoms with Gasteiger partial charge in [-0.1, -0.05) is 82.7 Å². The fourth-order valence-corrected chi connectivity index (χ4v) is 3.33. The van der Waals surface area contributed by atoms with E-state index in [9.17, 15) is 4.79 Å². The minimum Gasteiger partial charge on any atom is -0.475 e. The second-order valence-corrected chi connectivity index (χ2v) is 7.30. The molecule has 0 spiro atoms. The van der Waals surface area contributed by atoms with Crippen LogP contribution in [0.4, 0.5) is 5.69 Å². The number of hydrogen-bond donors (Lipinski definition) is 1. The summed E-state index contributed by atoms with van der Waals surface area (Å²) in [6.07, 6.45) is -0.768. The van der Waals surface area contributed by atoms with Crippen LogP contribution in [-0.2, 0) is 4.79 Å². The fraction of sp³-hybridized carbons (Fsp3) is 0.0417. The summed E-state index contributed by atoms with van der Waals surface area (Å²) in [7, 11) is 0. The minimum atomic E-state index is -0.768. The summed E-state index contributed by atoms with van der Waals surface area (Å²) < 4.78 is 7.21. The van der Waals surface area contributed by atoms with Crippen LogP contribution in [0.3, 0.4) is 0 Å². The monoisotopic (exact) mass is 431 g/mol. The van der Waals surface area contributed by atoms with Gasteiger partial charge in [0.15, 0.2) is 0 Å². The lowest BCUT2D eigenvalue weighted by atomic mass is 10.1. The molecule has 138 valence electrons. The number of nitrogens with one attached hydrogen (secondary N) is 1. The predicted molar refractivity (Wildman–Crippen MR) is 117 cm³/mol. The third kappa shape index (κ3) is 4.07. The number of carbonyl (C=O) groups is 1. The van der Waals surface area contributed by atoms with Gasteiger partial charge in [-0.15, -0.1) is 0 Å². The molecule has 0 bridgehead atoms. The molecule has 0 radical (unpaired) electrons. The number of fused-ring (bicyclic) bond motifs is 1. The molecule has 4 aromatic carbocycles. The largest absolute Gasteiger partial charge is 0.475 e. The molecule has 0 heterocycles.